The van der Waals surface area contributed by atoms with E-state index in [2.05, 4.69) is 4.99 Å². The van der Waals surface area contributed by atoms with Gasteiger partial charge < -0.3 is 9.84 Å². The monoisotopic (exact) mass is 205 g/mol. The molecule has 1 aromatic rings. The first kappa shape index (κ1) is 10.3. The summed E-state index contributed by atoms with van der Waals surface area (Å²) in [6.45, 7) is 3.78. The van der Waals surface area contributed by atoms with Crippen molar-refractivity contribution in [2.24, 2.45) is 4.99 Å². The van der Waals surface area contributed by atoms with Crippen LogP contribution in [0.25, 0.3) is 0 Å². The molecule has 1 N–H and O–H groups in total. The molecule has 2 atom stereocenters. The summed E-state index contributed by atoms with van der Waals surface area (Å²) in [6, 6.07) is 9.35. The molecule has 3 heteroatoms. The van der Waals surface area contributed by atoms with E-state index in [0.29, 0.717) is 5.71 Å². The van der Waals surface area contributed by atoms with E-state index in [9.17, 15) is 5.11 Å². The van der Waals surface area contributed by atoms with E-state index >= 15 is 0 Å². The normalized spacial score (nSPS) is 30.3. The van der Waals surface area contributed by atoms with Crippen molar-refractivity contribution >= 4 is 5.71 Å². The molecule has 15 heavy (non-hydrogen) atoms. The van der Waals surface area contributed by atoms with Crippen LogP contribution in [0, 0.1) is 0 Å². The maximum absolute atomic E-state index is 10.4. The third-order valence-corrected chi connectivity index (χ3v) is 2.65. The van der Waals surface area contributed by atoms with Gasteiger partial charge in [0, 0.05) is 5.56 Å². The average Bonchev–Trinajstić information content (AvgIpc) is 2.57. The van der Waals surface area contributed by atoms with Gasteiger partial charge in [-0.15, -0.1) is 0 Å². The number of aliphatic imine (C=N–C) groups is 1. The first-order valence-electron chi connectivity index (χ1n) is 5.17. The summed E-state index contributed by atoms with van der Waals surface area (Å²) in [6.07, 6.45) is 0.544. The van der Waals surface area contributed by atoms with Gasteiger partial charge in [0.25, 0.3) is 0 Å². The standard InChI is InChI=1S/C12H15NO2/c1-3-11-13-9(2)12(14,15-11)10-7-5-4-6-8-10/h4-8,11,14H,3H2,1-2H3/t11-,12-/m1/s1. The Labute approximate surface area is 89.4 Å². The Bertz CT molecular complexity index is 374. The topological polar surface area (TPSA) is 41.8 Å². The van der Waals surface area contributed by atoms with Crippen molar-refractivity contribution in [1.82, 2.24) is 0 Å². The number of ether oxygens (including phenoxy) is 1. The van der Waals surface area contributed by atoms with Crippen molar-refractivity contribution in [2.45, 2.75) is 32.3 Å². The molecule has 1 aliphatic heterocycles. The molecule has 0 fully saturated rings. The zero-order chi connectivity index (χ0) is 10.9. The first-order chi connectivity index (χ1) is 7.16. The Hall–Kier alpha value is -1.19. The molecule has 0 radical (unpaired) electrons. The molecule has 0 spiro atoms. The van der Waals surface area contributed by atoms with E-state index in [1.165, 1.54) is 0 Å². The summed E-state index contributed by atoms with van der Waals surface area (Å²) in [7, 11) is 0. The molecule has 0 bridgehead atoms. The number of rotatable bonds is 2. The molecule has 0 unspecified atom stereocenters. The number of hydrogen-bond acceptors (Lipinski definition) is 3. The van der Waals surface area contributed by atoms with Crippen LogP contribution in [0.3, 0.4) is 0 Å². The molecule has 0 saturated carbocycles. The Kier molecular flexibility index (Phi) is 2.59. The van der Waals surface area contributed by atoms with Crippen molar-refractivity contribution in [3.05, 3.63) is 35.9 Å². The SMILES string of the molecule is CC[C@@H]1N=C(C)[C@](O)(c2ccccc2)O1. The van der Waals surface area contributed by atoms with Crippen molar-refractivity contribution < 1.29 is 9.84 Å². The zero-order valence-corrected chi connectivity index (χ0v) is 8.97. The average molecular weight is 205 g/mol. The van der Waals surface area contributed by atoms with Crippen LogP contribution < -0.4 is 0 Å². The summed E-state index contributed by atoms with van der Waals surface area (Å²) in [5, 5.41) is 10.4. The van der Waals surface area contributed by atoms with Gasteiger partial charge in [0.15, 0.2) is 6.23 Å². The van der Waals surface area contributed by atoms with Crippen LogP contribution in [-0.2, 0) is 10.5 Å². The second kappa shape index (κ2) is 3.76. The van der Waals surface area contributed by atoms with Crippen LogP contribution in [0.2, 0.25) is 0 Å². The van der Waals surface area contributed by atoms with Crippen molar-refractivity contribution in [1.29, 1.82) is 0 Å². The van der Waals surface area contributed by atoms with Gasteiger partial charge in [-0.25, -0.2) is 0 Å². The fourth-order valence-corrected chi connectivity index (χ4v) is 1.73. The minimum absolute atomic E-state index is 0.227. The Morgan fingerprint density at radius 2 is 2.07 bits per heavy atom. The zero-order valence-electron chi connectivity index (χ0n) is 8.97. The molecule has 2 rings (SSSR count). The maximum Gasteiger partial charge on any atom is 0.234 e. The smallest absolute Gasteiger partial charge is 0.234 e. The molecule has 1 aromatic carbocycles. The van der Waals surface area contributed by atoms with Gasteiger partial charge in [-0.05, 0) is 13.3 Å². The van der Waals surface area contributed by atoms with Crippen LogP contribution in [0.15, 0.2) is 35.3 Å². The molecule has 1 aliphatic rings. The minimum Gasteiger partial charge on any atom is -0.357 e. The number of hydrogen-bond donors (Lipinski definition) is 1. The highest BCUT2D eigenvalue weighted by molar-refractivity contribution is 5.91. The molecule has 80 valence electrons. The number of nitrogens with zero attached hydrogens (tertiary/aromatic N) is 1. The third-order valence-electron chi connectivity index (χ3n) is 2.65. The third kappa shape index (κ3) is 1.68. The lowest BCUT2D eigenvalue weighted by Crippen LogP contribution is -2.33. The maximum atomic E-state index is 10.4. The largest absolute Gasteiger partial charge is 0.357 e. The van der Waals surface area contributed by atoms with E-state index in [1.54, 1.807) is 6.92 Å². The second-order valence-corrected chi connectivity index (χ2v) is 3.71. The van der Waals surface area contributed by atoms with Crippen LogP contribution in [-0.4, -0.2) is 17.0 Å². The lowest BCUT2D eigenvalue weighted by molar-refractivity contribution is -0.171. The van der Waals surface area contributed by atoms with Crippen molar-refractivity contribution in [2.75, 3.05) is 0 Å². The fraction of sp³-hybridized carbons (Fsp3) is 0.417. The van der Waals surface area contributed by atoms with Gasteiger partial charge in [-0.3, -0.25) is 4.99 Å². The van der Waals surface area contributed by atoms with Crippen LogP contribution in [0.5, 0.6) is 0 Å². The van der Waals surface area contributed by atoms with E-state index < -0.39 is 5.79 Å². The Morgan fingerprint density at radius 3 is 2.60 bits per heavy atom. The summed E-state index contributed by atoms with van der Waals surface area (Å²) in [5.41, 5.74) is 1.36. The van der Waals surface area contributed by atoms with Gasteiger partial charge in [0.2, 0.25) is 5.79 Å². The predicted octanol–water partition coefficient (Wildman–Crippen LogP) is 2.06. The molecular formula is C12H15NO2. The summed E-state index contributed by atoms with van der Waals surface area (Å²) < 4.78 is 5.55. The highest BCUT2D eigenvalue weighted by atomic mass is 16.6. The Morgan fingerprint density at radius 1 is 1.40 bits per heavy atom. The van der Waals surface area contributed by atoms with Crippen LogP contribution in [0.1, 0.15) is 25.8 Å². The number of aliphatic hydroxyl groups is 1. The fourth-order valence-electron chi connectivity index (χ4n) is 1.73. The molecule has 3 nitrogen and oxygen atoms in total. The first-order valence-corrected chi connectivity index (χ1v) is 5.17. The molecule has 0 aromatic heterocycles. The van der Waals surface area contributed by atoms with Gasteiger partial charge in [0.1, 0.15) is 0 Å². The summed E-state index contributed by atoms with van der Waals surface area (Å²) in [5.74, 6) is -1.33. The molecule has 0 amide bonds. The lowest BCUT2D eigenvalue weighted by atomic mass is 10.0. The highest BCUT2D eigenvalue weighted by Gasteiger charge is 2.41. The van der Waals surface area contributed by atoms with E-state index in [0.717, 1.165) is 12.0 Å². The van der Waals surface area contributed by atoms with Crippen molar-refractivity contribution in [3.63, 3.8) is 0 Å². The molecule has 1 heterocycles. The van der Waals surface area contributed by atoms with Gasteiger partial charge in [-0.1, -0.05) is 37.3 Å². The lowest BCUT2D eigenvalue weighted by Gasteiger charge is -2.23. The van der Waals surface area contributed by atoms with Gasteiger partial charge in [0.05, 0.1) is 5.71 Å². The van der Waals surface area contributed by atoms with E-state index in [-0.39, 0.29) is 6.23 Å². The molecule has 0 saturated heterocycles. The second-order valence-electron chi connectivity index (χ2n) is 3.71. The quantitative estimate of drug-likeness (QED) is 0.803. The number of benzene rings is 1. The van der Waals surface area contributed by atoms with Gasteiger partial charge >= 0.3 is 0 Å². The molecular weight excluding hydrogens is 190 g/mol. The van der Waals surface area contributed by atoms with Crippen LogP contribution >= 0.6 is 0 Å². The summed E-state index contributed by atoms with van der Waals surface area (Å²) in [4.78, 5) is 4.28. The highest BCUT2D eigenvalue weighted by Crippen LogP contribution is 2.32. The van der Waals surface area contributed by atoms with Gasteiger partial charge in [-0.2, -0.15) is 0 Å². The minimum atomic E-state index is -1.33. The van der Waals surface area contributed by atoms with E-state index in [4.69, 9.17) is 4.74 Å². The van der Waals surface area contributed by atoms with Crippen molar-refractivity contribution in [3.8, 4) is 0 Å². The predicted molar refractivity (Wildman–Crippen MR) is 58.6 cm³/mol. The Balaban J connectivity index is 2.34. The van der Waals surface area contributed by atoms with E-state index in [1.807, 2.05) is 37.3 Å². The van der Waals surface area contributed by atoms with Crippen LogP contribution in [0.4, 0.5) is 0 Å². The molecule has 0 aliphatic carbocycles. The summed E-state index contributed by atoms with van der Waals surface area (Å²) >= 11 is 0.